The van der Waals surface area contributed by atoms with Gasteiger partial charge in [-0.15, -0.1) is 0 Å². The van der Waals surface area contributed by atoms with Crippen molar-refractivity contribution in [2.24, 2.45) is 0 Å². The van der Waals surface area contributed by atoms with Gasteiger partial charge in [0.05, 0.1) is 19.3 Å². The number of hydrogen-bond acceptors (Lipinski definition) is 4. The van der Waals surface area contributed by atoms with Crippen LogP contribution in [0.4, 0.5) is 0 Å². The number of carbonyl (C=O) groups excluding carboxylic acids is 2. The Bertz CT molecular complexity index is 1080. The Kier molecular flexibility index (Phi) is 9.18. The van der Waals surface area contributed by atoms with Gasteiger partial charge in [-0.2, -0.15) is 0 Å². The molecular formula is C29H44N2O4Si. The van der Waals surface area contributed by atoms with E-state index in [1.165, 1.54) is 5.01 Å². The second kappa shape index (κ2) is 11.2. The average Bonchev–Trinajstić information content (AvgIpc) is 2.78. The van der Waals surface area contributed by atoms with Crippen LogP contribution in [-0.2, 0) is 10.8 Å². The smallest absolute Gasteiger partial charge is 0.273 e. The topological polar surface area (TPSA) is 67.9 Å². The molecule has 2 aromatic rings. The highest BCUT2D eigenvalue weighted by molar-refractivity contribution is 6.74. The minimum atomic E-state index is -2.10. The second-order valence-corrected chi connectivity index (χ2v) is 16.5. The van der Waals surface area contributed by atoms with Crippen LogP contribution in [0.5, 0.6) is 5.75 Å². The molecule has 0 fully saturated rings. The maximum Gasteiger partial charge on any atom is 0.273 e. The third kappa shape index (κ3) is 6.76. The Morgan fingerprint density at radius 3 is 2.08 bits per heavy atom. The molecule has 0 aliphatic rings. The molecule has 2 amide bonds. The Balaban J connectivity index is 2.52. The van der Waals surface area contributed by atoms with Gasteiger partial charge in [0.1, 0.15) is 5.75 Å². The quantitative estimate of drug-likeness (QED) is 0.325. The molecule has 2 aromatic carbocycles. The van der Waals surface area contributed by atoms with Crippen LogP contribution in [0.1, 0.15) is 78.9 Å². The number of benzene rings is 2. The molecule has 0 unspecified atom stereocenters. The van der Waals surface area contributed by atoms with E-state index in [0.29, 0.717) is 23.3 Å². The number of carbonyl (C=O) groups is 2. The van der Waals surface area contributed by atoms with Crippen molar-refractivity contribution in [1.82, 2.24) is 10.4 Å². The first-order valence-electron chi connectivity index (χ1n) is 12.6. The maximum absolute atomic E-state index is 14.1. The van der Waals surface area contributed by atoms with Gasteiger partial charge >= 0.3 is 0 Å². The lowest BCUT2D eigenvalue weighted by molar-refractivity contribution is 0.0160. The minimum Gasteiger partial charge on any atom is -0.496 e. The zero-order valence-electron chi connectivity index (χ0n) is 24.0. The number of nitrogens with zero attached hydrogens (tertiary/aromatic N) is 1. The molecule has 0 bridgehead atoms. The van der Waals surface area contributed by atoms with E-state index in [1.54, 1.807) is 19.2 Å². The minimum absolute atomic E-state index is 0.0163. The predicted octanol–water partition coefficient (Wildman–Crippen LogP) is 6.46. The van der Waals surface area contributed by atoms with Crippen LogP contribution in [0, 0.1) is 13.8 Å². The number of methoxy groups -OCH3 is 1. The first kappa shape index (κ1) is 29.6. The fourth-order valence-corrected chi connectivity index (χ4v) is 4.98. The molecule has 0 aliphatic carbocycles. The Morgan fingerprint density at radius 2 is 1.58 bits per heavy atom. The summed E-state index contributed by atoms with van der Waals surface area (Å²) in [6.07, 6.45) is 0.616. The lowest BCUT2D eigenvalue weighted by atomic mass is 10.00. The van der Waals surface area contributed by atoms with Gasteiger partial charge in [-0.3, -0.25) is 15.0 Å². The van der Waals surface area contributed by atoms with Crippen LogP contribution in [-0.4, -0.2) is 44.4 Å². The number of hydrogen-bond donors (Lipinski definition) is 1. The second-order valence-electron chi connectivity index (χ2n) is 11.7. The first-order chi connectivity index (χ1) is 16.5. The van der Waals surface area contributed by atoms with E-state index in [4.69, 9.17) is 9.16 Å². The third-order valence-electron chi connectivity index (χ3n) is 7.03. The Morgan fingerprint density at radius 1 is 1.00 bits per heavy atom. The van der Waals surface area contributed by atoms with E-state index >= 15 is 0 Å². The summed E-state index contributed by atoms with van der Waals surface area (Å²) < 4.78 is 12.0. The first-order valence-corrected chi connectivity index (χ1v) is 15.5. The van der Waals surface area contributed by atoms with Crippen molar-refractivity contribution in [1.29, 1.82) is 0 Å². The van der Waals surface area contributed by atoms with Crippen LogP contribution >= 0.6 is 0 Å². The van der Waals surface area contributed by atoms with Gasteiger partial charge < -0.3 is 9.16 Å². The highest BCUT2D eigenvalue weighted by Gasteiger charge is 2.41. The standard InChI is InChI=1S/C29H44N2O4Si/c1-12-23-24(14-13-15-25(23)34-9)27(33)31(29(7,8)19-35-36(10,11)28(4,5)6)30-26(32)22-17-20(2)16-21(3)18-22/h13-18H,12,19H2,1-11H3,(H,30,32). The molecule has 0 atom stereocenters. The molecule has 0 spiro atoms. The van der Waals surface area contributed by atoms with Gasteiger partial charge in [0.25, 0.3) is 11.8 Å². The molecule has 36 heavy (non-hydrogen) atoms. The van der Waals surface area contributed by atoms with Gasteiger partial charge in [0.15, 0.2) is 8.32 Å². The summed E-state index contributed by atoms with van der Waals surface area (Å²) in [6.45, 7) is 20.9. The highest BCUT2D eigenvalue weighted by atomic mass is 28.4. The molecule has 0 saturated carbocycles. The van der Waals surface area contributed by atoms with Gasteiger partial charge in [-0.05, 0) is 76.5 Å². The summed E-state index contributed by atoms with van der Waals surface area (Å²) in [6, 6.07) is 11.1. The van der Waals surface area contributed by atoms with Crippen molar-refractivity contribution in [3.8, 4) is 5.75 Å². The molecule has 198 valence electrons. The number of rotatable bonds is 8. The Labute approximate surface area is 218 Å². The molecule has 0 aromatic heterocycles. The molecule has 0 aliphatic heterocycles. The third-order valence-corrected chi connectivity index (χ3v) is 11.5. The largest absolute Gasteiger partial charge is 0.496 e. The van der Waals surface area contributed by atoms with Crippen molar-refractivity contribution in [2.75, 3.05) is 13.7 Å². The van der Waals surface area contributed by atoms with E-state index in [0.717, 1.165) is 16.7 Å². The van der Waals surface area contributed by atoms with E-state index in [1.807, 2.05) is 58.9 Å². The van der Waals surface area contributed by atoms with Gasteiger partial charge in [0.2, 0.25) is 0 Å². The number of aryl methyl sites for hydroxylation is 2. The molecule has 0 radical (unpaired) electrons. The monoisotopic (exact) mass is 512 g/mol. The Hall–Kier alpha value is -2.64. The zero-order chi connectivity index (χ0) is 27.5. The fourth-order valence-electron chi connectivity index (χ4n) is 3.83. The average molecular weight is 513 g/mol. The van der Waals surface area contributed by atoms with Crippen LogP contribution in [0.15, 0.2) is 36.4 Å². The summed E-state index contributed by atoms with van der Waals surface area (Å²) in [5, 5.41) is 1.45. The van der Waals surface area contributed by atoms with Crippen molar-refractivity contribution in [3.63, 3.8) is 0 Å². The SMILES string of the molecule is CCc1c(OC)cccc1C(=O)N(NC(=O)c1cc(C)cc(C)c1)C(C)(C)CO[Si](C)(C)C(C)(C)C. The molecular weight excluding hydrogens is 468 g/mol. The van der Waals surface area contributed by atoms with Gasteiger partial charge in [-0.1, -0.05) is 51.0 Å². The number of nitrogens with one attached hydrogen (secondary N) is 1. The predicted molar refractivity (Wildman–Crippen MR) is 149 cm³/mol. The van der Waals surface area contributed by atoms with Crippen LogP contribution in [0.2, 0.25) is 18.1 Å². The summed E-state index contributed by atoms with van der Waals surface area (Å²) >= 11 is 0. The van der Waals surface area contributed by atoms with E-state index in [2.05, 4.69) is 39.3 Å². The summed E-state index contributed by atoms with van der Waals surface area (Å²) in [5.41, 5.74) is 5.88. The maximum atomic E-state index is 14.1. The molecule has 0 heterocycles. The summed E-state index contributed by atoms with van der Waals surface area (Å²) in [5.74, 6) is 0.0167. The lowest BCUT2D eigenvalue weighted by Crippen LogP contribution is -2.60. The number of amides is 2. The molecule has 2 rings (SSSR count). The van der Waals surface area contributed by atoms with E-state index in [9.17, 15) is 9.59 Å². The lowest BCUT2D eigenvalue weighted by Gasteiger charge is -2.43. The van der Waals surface area contributed by atoms with E-state index < -0.39 is 13.9 Å². The van der Waals surface area contributed by atoms with Crippen LogP contribution < -0.4 is 10.2 Å². The van der Waals surface area contributed by atoms with Crippen molar-refractivity contribution in [2.45, 2.75) is 85.5 Å². The zero-order valence-corrected chi connectivity index (χ0v) is 25.0. The summed E-state index contributed by atoms with van der Waals surface area (Å²) in [7, 11) is -0.500. The van der Waals surface area contributed by atoms with Crippen molar-refractivity contribution >= 4 is 20.1 Å². The van der Waals surface area contributed by atoms with Crippen molar-refractivity contribution < 1.29 is 18.8 Å². The highest BCUT2D eigenvalue weighted by Crippen LogP contribution is 2.37. The van der Waals surface area contributed by atoms with Crippen molar-refractivity contribution in [3.05, 3.63) is 64.2 Å². The molecule has 7 heteroatoms. The van der Waals surface area contributed by atoms with Gasteiger partial charge in [0, 0.05) is 16.7 Å². The van der Waals surface area contributed by atoms with Crippen LogP contribution in [0.3, 0.4) is 0 Å². The van der Waals surface area contributed by atoms with E-state index in [-0.39, 0.29) is 23.5 Å². The number of ether oxygens (including phenoxy) is 1. The fraction of sp³-hybridized carbons (Fsp3) is 0.517. The number of hydrazine groups is 1. The molecule has 0 saturated heterocycles. The van der Waals surface area contributed by atoms with Gasteiger partial charge in [-0.25, -0.2) is 5.01 Å². The summed E-state index contributed by atoms with van der Waals surface area (Å²) in [4.78, 5) is 27.5. The molecule has 6 nitrogen and oxygen atoms in total. The normalized spacial score (nSPS) is 12.3. The molecule has 1 N–H and O–H groups in total. The van der Waals surface area contributed by atoms with Crippen LogP contribution in [0.25, 0.3) is 0 Å².